The summed E-state index contributed by atoms with van der Waals surface area (Å²) in [5.41, 5.74) is 0. The van der Waals surface area contributed by atoms with Gasteiger partial charge in [0.2, 0.25) is 5.91 Å². The Morgan fingerprint density at radius 1 is 1.56 bits per heavy atom. The lowest BCUT2D eigenvalue weighted by molar-refractivity contribution is -0.119. The highest BCUT2D eigenvalue weighted by molar-refractivity contribution is 9.10. The minimum atomic E-state index is 0.0134. The van der Waals surface area contributed by atoms with E-state index in [-0.39, 0.29) is 11.9 Å². The predicted octanol–water partition coefficient (Wildman–Crippen LogP) is 0.996. The van der Waals surface area contributed by atoms with Crippen LogP contribution in [0.3, 0.4) is 0 Å². The zero-order valence-corrected chi connectivity index (χ0v) is 12.0. The van der Waals surface area contributed by atoms with Gasteiger partial charge < -0.3 is 15.5 Å². The fourth-order valence-corrected chi connectivity index (χ4v) is 2.77. The molecular formula is C11H16BrN5O. The van der Waals surface area contributed by atoms with Gasteiger partial charge in [-0.25, -0.2) is 9.97 Å². The van der Waals surface area contributed by atoms with Gasteiger partial charge in [0, 0.05) is 33.1 Å². The lowest BCUT2D eigenvalue weighted by Gasteiger charge is -2.19. The zero-order valence-electron chi connectivity index (χ0n) is 10.4. The monoisotopic (exact) mass is 313 g/mol. The maximum absolute atomic E-state index is 11.0. The van der Waals surface area contributed by atoms with Gasteiger partial charge in [-0.05, 0) is 22.4 Å². The third-order valence-electron chi connectivity index (χ3n) is 2.90. The van der Waals surface area contributed by atoms with Crippen molar-refractivity contribution in [2.45, 2.75) is 19.4 Å². The summed E-state index contributed by atoms with van der Waals surface area (Å²) in [6, 6.07) is 0.197. The molecule has 1 fully saturated rings. The van der Waals surface area contributed by atoms with E-state index in [0.717, 1.165) is 35.6 Å². The van der Waals surface area contributed by atoms with Crippen LogP contribution in [0.2, 0.25) is 0 Å². The van der Waals surface area contributed by atoms with Crippen LogP contribution >= 0.6 is 15.9 Å². The first-order valence-electron chi connectivity index (χ1n) is 5.82. The minimum absolute atomic E-state index is 0.0134. The van der Waals surface area contributed by atoms with E-state index in [9.17, 15) is 4.79 Å². The summed E-state index contributed by atoms with van der Waals surface area (Å²) in [6.45, 7) is 3.20. The molecule has 1 aliphatic rings. The fourth-order valence-electron chi connectivity index (χ4n) is 2.11. The zero-order chi connectivity index (χ0) is 13.1. The molecule has 0 radical (unpaired) electrons. The molecule has 2 rings (SSSR count). The number of nitrogens with zero attached hydrogens (tertiary/aromatic N) is 3. The normalized spacial score (nSPS) is 18.8. The lowest BCUT2D eigenvalue weighted by atomic mass is 10.3. The Bertz CT molecular complexity index is 453. The third-order valence-corrected chi connectivity index (χ3v) is 3.63. The first-order chi connectivity index (χ1) is 8.61. The molecule has 98 valence electrons. The molecule has 0 bridgehead atoms. The van der Waals surface area contributed by atoms with Crippen molar-refractivity contribution in [1.29, 1.82) is 0 Å². The van der Waals surface area contributed by atoms with Crippen molar-refractivity contribution in [3.05, 3.63) is 10.8 Å². The maximum Gasteiger partial charge on any atom is 0.217 e. The van der Waals surface area contributed by atoms with E-state index in [1.165, 1.54) is 6.33 Å². The molecule has 1 aromatic rings. The van der Waals surface area contributed by atoms with E-state index in [4.69, 9.17) is 0 Å². The number of aromatic nitrogens is 2. The van der Waals surface area contributed by atoms with Crippen LogP contribution in [-0.4, -0.2) is 42.1 Å². The second-order valence-corrected chi connectivity index (χ2v) is 5.04. The number of hydrogen-bond donors (Lipinski definition) is 2. The molecule has 2 heterocycles. The Morgan fingerprint density at radius 3 is 3.00 bits per heavy atom. The molecule has 1 aromatic heterocycles. The Labute approximate surface area is 114 Å². The first-order valence-corrected chi connectivity index (χ1v) is 6.61. The van der Waals surface area contributed by atoms with Gasteiger partial charge in [0.25, 0.3) is 0 Å². The Balaban J connectivity index is 2.12. The fraction of sp³-hybridized carbons (Fsp3) is 0.545. The Kier molecular flexibility index (Phi) is 4.00. The standard InChI is InChI=1S/C11H16BrN5O/c1-7(18)16-8-3-4-17(5-8)11-9(12)10(13-2)14-6-15-11/h6,8H,3-5H2,1-2H3,(H,16,18)(H,13,14,15). The van der Waals surface area contributed by atoms with Gasteiger partial charge in [0.05, 0.1) is 0 Å². The highest BCUT2D eigenvalue weighted by Crippen LogP contribution is 2.31. The third kappa shape index (κ3) is 2.72. The highest BCUT2D eigenvalue weighted by atomic mass is 79.9. The summed E-state index contributed by atoms with van der Waals surface area (Å²) in [5, 5.41) is 5.94. The van der Waals surface area contributed by atoms with E-state index in [0.29, 0.717) is 0 Å². The number of nitrogens with one attached hydrogen (secondary N) is 2. The number of carbonyl (C=O) groups excluding carboxylic acids is 1. The molecule has 1 unspecified atom stereocenters. The molecule has 2 N–H and O–H groups in total. The average molecular weight is 314 g/mol. The molecule has 0 aromatic carbocycles. The smallest absolute Gasteiger partial charge is 0.217 e. The van der Waals surface area contributed by atoms with E-state index in [1.54, 1.807) is 6.92 Å². The number of rotatable bonds is 3. The van der Waals surface area contributed by atoms with E-state index >= 15 is 0 Å². The molecule has 0 spiro atoms. The quantitative estimate of drug-likeness (QED) is 0.871. The summed E-state index contributed by atoms with van der Waals surface area (Å²) >= 11 is 3.51. The number of carbonyl (C=O) groups is 1. The molecule has 1 amide bonds. The molecule has 6 nitrogen and oxygen atoms in total. The van der Waals surface area contributed by atoms with Crippen LogP contribution < -0.4 is 15.5 Å². The minimum Gasteiger partial charge on any atom is -0.372 e. The molecule has 0 aliphatic carbocycles. The molecule has 1 aliphatic heterocycles. The van der Waals surface area contributed by atoms with Gasteiger partial charge in [-0.1, -0.05) is 0 Å². The summed E-state index contributed by atoms with van der Waals surface area (Å²) in [4.78, 5) is 21.6. The second kappa shape index (κ2) is 5.51. The largest absolute Gasteiger partial charge is 0.372 e. The van der Waals surface area contributed by atoms with Crippen LogP contribution in [0.25, 0.3) is 0 Å². The number of hydrogen-bond acceptors (Lipinski definition) is 5. The topological polar surface area (TPSA) is 70.2 Å². The van der Waals surface area contributed by atoms with Gasteiger partial charge in [-0.15, -0.1) is 0 Å². The van der Waals surface area contributed by atoms with Crippen LogP contribution in [0.1, 0.15) is 13.3 Å². The maximum atomic E-state index is 11.0. The van der Waals surface area contributed by atoms with Gasteiger partial charge in [0.1, 0.15) is 22.4 Å². The van der Waals surface area contributed by atoms with Gasteiger partial charge >= 0.3 is 0 Å². The van der Waals surface area contributed by atoms with Crippen molar-refractivity contribution in [2.75, 3.05) is 30.4 Å². The lowest BCUT2D eigenvalue weighted by Crippen LogP contribution is -2.35. The molecule has 18 heavy (non-hydrogen) atoms. The summed E-state index contributed by atoms with van der Waals surface area (Å²) in [5.74, 6) is 1.64. The average Bonchev–Trinajstić information content (AvgIpc) is 2.76. The Morgan fingerprint density at radius 2 is 2.33 bits per heavy atom. The van der Waals surface area contributed by atoms with Crippen molar-refractivity contribution in [3.8, 4) is 0 Å². The molecule has 1 atom stereocenters. The molecule has 0 saturated carbocycles. The molecule has 7 heteroatoms. The van der Waals surface area contributed by atoms with Crippen LogP contribution in [0.5, 0.6) is 0 Å². The summed E-state index contributed by atoms with van der Waals surface area (Å²) in [6.07, 6.45) is 2.47. The van der Waals surface area contributed by atoms with Crippen LogP contribution in [0.15, 0.2) is 10.8 Å². The second-order valence-electron chi connectivity index (χ2n) is 4.24. The van der Waals surface area contributed by atoms with Gasteiger partial charge in [-0.2, -0.15) is 0 Å². The number of anilines is 2. The van der Waals surface area contributed by atoms with Gasteiger partial charge in [0.15, 0.2) is 0 Å². The van der Waals surface area contributed by atoms with Crippen molar-refractivity contribution < 1.29 is 4.79 Å². The van der Waals surface area contributed by atoms with Gasteiger partial charge in [-0.3, -0.25) is 4.79 Å². The number of amides is 1. The van der Waals surface area contributed by atoms with E-state index < -0.39 is 0 Å². The van der Waals surface area contributed by atoms with Crippen molar-refractivity contribution in [1.82, 2.24) is 15.3 Å². The molecular weight excluding hydrogens is 298 g/mol. The number of halogens is 1. The predicted molar refractivity (Wildman–Crippen MR) is 73.7 cm³/mol. The van der Waals surface area contributed by atoms with Crippen LogP contribution in [0, 0.1) is 0 Å². The Hall–Kier alpha value is -1.37. The van der Waals surface area contributed by atoms with Crippen LogP contribution in [0.4, 0.5) is 11.6 Å². The van der Waals surface area contributed by atoms with E-state index in [1.807, 2.05) is 7.05 Å². The van der Waals surface area contributed by atoms with Crippen molar-refractivity contribution in [2.24, 2.45) is 0 Å². The molecule has 1 saturated heterocycles. The SMILES string of the molecule is CNc1ncnc(N2CCC(NC(C)=O)C2)c1Br. The van der Waals surface area contributed by atoms with Crippen molar-refractivity contribution in [3.63, 3.8) is 0 Å². The summed E-state index contributed by atoms with van der Waals surface area (Å²) in [7, 11) is 1.82. The van der Waals surface area contributed by atoms with Crippen molar-refractivity contribution >= 4 is 33.5 Å². The van der Waals surface area contributed by atoms with Crippen LogP contribution in [-0.2, 0) is 4.79 Å². The summed E-state index contributed by atoms with van der Waals surface area (Å²) < 4.78 is 0.857. The first kappa shape index (κ1) is 13.1. The highest BCUT2D eigenvalue weighted by Gasteiger charge is 2.26. The van der Waals surface area contributed by atoms with E-state index in [2.05, 4.69) is 41.4 Å².